The topological polar surface area (TPSA) is 73.5 Å². The van der Waals surface area contributed by atoms with E-state index >= 15 is 0 Å². The second-order valence-corrected chi connectivity index (χ2v) is 6.40. The second-order valence-electron chi connectivity index (χ2n) is 6.40. The van der Waals surface area contributed by atoms with Crippen LogP contribution in [0.5, 0.6) is 0 Å². The molecule has 0 aliphatic carbocycles. The van der Waals surface area contributed by atoms with E-state index in [1.165, 1.54) is 0 Å². The van der Waals surface area contributed by atoms with E-state index in [1.54, 1.807) is 0 Å². The van der Waals surface area contributed by atoms with E-state index in [9.17, 15) is 9.59 Å². The van der Waals surface area contributed by atoms with Gasteiger partial charge in [0.15, 0.2) is 0 Å². The third-order valence-electron chi connectivity index (χ3n) is 4.32. The van der Waals surface area contributed by atoms with Crippen molar-refractivity contribution in [3.63, 3.8) is 0 Å². The summed E-state index contributed by atoms with van der Waals surface area (Å²) in [5.41, 5.74) is 1.94. The van der Waals surface area contributed by atoms with Crippen LogP contribution < -0.4 is 16.0 Å². The number of anilines is 1. The molecular weight excluding hydrogens is 304 g/mol. The molecule has 6 nitrogen and oxygen atoms in total. The Morgan fingerprint density at radius 2 is 2.00 bits per heavy atom. The van der Waals surface area contributed by atoms with Crippen LogP contribution in [0.1, 0.15) is 24.8 Å². The molecule has 1 atom stereocenters. The lowest BCUT2D eigenvalue weighted by molar-refractivity contribution is -0.132. The second kappa shape index (κ2) is 9.27. The highest BCUT2D eigenvalue weighted by Gasteiger charge is 2.23. The van der Waals surface area contributed by atoms with Crippen LogP contribution in [0.3, 0.4) is 0 Å². The maximum absolute atomic E-state index is 12.1. The molecule has 132 valence electrons. The number of amides is 3. The minimum absolute atomic E-state index is 0.193. The van der Waals surface area contributed by atoms with Gasteiger partial charge < -0.3 is 20.9 Å². The first-order valence-electron chi connectivity index (χ1n) is 8.62. The molecule has 1 aromatic rings. The van der Waals surface area contributed by atoms with Crippen molar-refractivity contribution >= 4 is 17.6 Å². The van der Waals surface area contributed by atoms with Gasteiger partial charge >= 0.3 is 6.03 Å². The van der Waals surface area contributed by atoms with Gasteiger partial charge in [0.2, 0.25) is 5.91 Å². The number of benzene rings is 1. The number of likely N-dealkylation sites (tertiary alicyclic amines) is 1. The van der Waals surface area contributed by atoms with Crippen LogP contribution in [0.15, 0.2) is 24.3 Å². The normalized spacial score (nSPS) is 17.4. The molecule has 0 bridgehead atoms. The molecule has 3 N–H and O–H groups in total. The lowest BCUT2D eigenvalue weighted by atomic mass is 9.98. The molecule has 0 spiro atoms. The van der Waals surface area contributed by atoms with Gasteiger partial charge in [0.05, 0.1) is 0 Å². The van der Waals surface area contributed by atoms with Crippen molar-refractivity contribution in [3.05, 3.63) is 29.8 Å². The Morgan fingerprint density at radius 3 is 2.71 bits per heavy atom. The molecule has 1 aliphatic heterocycles. The molecule has 24 heavy (non-hydrogen) atoms. The largest absolute Gasteiger partial charge is 0.342 e. The Hall–Kier alpha value is -2.08. The predicted octanol–water partition coefficient (Wildman–Crippen LogP) is 1.96. The molecule has 1 aromatic carbocycles. The van der Waals surface area contributed by atoms with Gasteiger partial charge in [-0.15, -0.1) is 0 Å². The summed E-state index contributed by atoms with van der Waals surface area (Å²) in [4.78, 5) is 26.0. The first kappa shape index (κ1) is 18.3. The van der Waals surface area contributed by atoms with E-state index in [0.29, 0.717) is 25.4 Å². The van der Waals surface area contributed by atoms with Gasteiger partial charge in [0, 0.05) is 38.3 Å². The average Bonchev–Trinajstić information content (AvgIpc) is 2.60. The number of carbonyl (C=O) groups is 2. The number of hydrogen-bond donors (Lipinski definition) is 3. The highest BCUT2D eigenvalue weighted by atomic mass is 16.2. The summed E-state index contributed by atoms with van der Waals surface area (Å²) in [5.74, 6) is 0.513. The highest BCUT2D eigenvalue weighted by molar-refractivity contribution is 5.89. The molecule has 0 saturated carbocycles. The number of nitrogens with one attached hydrogen (secondary N) is 3. The Bertz CT molecular complexity index is 544. The van der Waals surface area contributed by atoms with Crippen molar-refractivity contribution in [2.45, 2.75) is 26.2 Å². The van der Waals surface area contributed by atoms with E-state index in [-0.39, 0.29) is 11.9 Å². The van der Waals surface area contributed by atoms with Gasteiger partial charge in [-0.1, -0.05) is 17.7 Å². The van der Waals surface area contributed by atoms with Gasteiger partial charge in [0.25, 0.3) is 0 Å². The van der Waals surface area contributed by atoms with Gasteiger partial charge in [-0.05, 0) is 44.9 Å². The standard InChI is InChI=1S/C18H28N4O2/c1-14-5-7-16(8-6-14)21-18(24)20-12-15-4-3-11-22(13-15)17(23)9-10-19-2/h5-8,15,19H,3-4,9-13H2,1-2H3,(H2,20,21,24). The molecular formula is C18H28N4O2. The minimum atomic E-state index is -0.197. The first-order valence-corrected chi connectivity index (χ1v) is 8.62. The molecule has 6 heteroatoms. The van der Waals surface area contributed by atoms with Gasteiger partial charge in [-0.3, -0.25) is 4.79 Å². The summed E-state index contributed by atoms with van der Waals surface area (Å²) >= 11 is 0. The number of carbonyl (C=O) groups excluding carboxylic acids is 2. The maximum atomic E-state index is 12.1. The molecule has 1 heterocycles. The average molecular weight is 332 g/mol. The zero-order chi connectivity index (χ0) is 17.4. The Labute approximate surface area is 144 Å². The quantitative estimate of drug-likeness (QED) is 0.746. The molecule has 1 aliphatic rings. The lowest BCUT2D eigenvalue weighted by Gasteiger charge is -2.33. The molecule has 3 amide bonds. The third kappa shape index (κ3) is 5.85. The van der Waals surface area contributed by atoms with Crippen LogP contribution in [-0.4, -0.2) is 50.1 Å². The third-order valence-corrected chi connectivity index (χ3v) is 4.32. The fraction of sp³-hybridized carbons (Fsp3) is 0.556. The molecule has 0 aromatic heterocycles. The summed E-state index contributed by atoms with van der Waals surface area (Å²) in [5, 5.41) is 8.75. The zero-order valence-corrected chi connectivity index (χ0v) is 14.6. The van der Waals surface area contributed by atoms with Crippen LogP contribution in [0, 0.1) is 12.8 Å². The number of urea groups is 1. The van der Waals surface area contributed by atoms with E-state index in [2.05, 4.69) is 16.0 Å². The van der Waals surface area contributed by atoms with Gasteiger partial charge in [0.1, 0.15) is 0 Å². The molecule has 1 saturated heterocycles. The maximum Gasteiger partial charge on any atom is 0.319 e. The zero-order valence-electron chi connectivity index (χ0n) is 14.6. The fourth-order valence-corrected chi connectivity index (χ4v) is 2.90. The van der Waals surface area contributed by atoms with Crippen molar-refractivity contribution in [1.82, 2.24) is 15.5 Å². The summed E-state index contributed by atoms with van der Waals surface area (Å²) in [6, 6.07) is 7.50. The van der Waals surface area contributed by atoms with Crippen LogP contribution in [0.2, 0.25) is 0 Å². The predicted molar refractivity (Wildman–Crippen MR) is 96.0 cm³/mol. The van der Waals surface area contributed by atoms with Crippen LogP contribution in [0.25, 0.3) is 0 Å². The molecule has 1 unspecified atom stereocenters. The first-order chi connectivity index (χ1) is 11.6. The number of aryl methyl sites for hydroxylation is 1. The highest BCUT2D eigenvalue weighted by Crippen LogP contribution is 2.16. The van der Waals surface area contributed by atoms with Crippen molar-refractivity contribution in [3.8, 4) is 0 Å². The van der Waals surface area contributed by atoms with Gasteiger partial charge in [-0.25, -0.2) is 4.79 Å². The summed E-state index contributed by atoms with van der Waals surface area (Å²) in [6.07, 6.45) is 2.57. The Balaban J connectivity index is 1.73. The van der Waals surface area contributed by atoms with Crippen molar-refractivity contribution in [2.24, 2.45) is 5.92 Å². The number of nitrogens with zero attached hydrogens (tertiary/aromatic N) is 1. The van der Waals surface area contributed by atoms with Crippen molar-refractivity contribution in [1.29, 1.82) is 0 Å². The van der Waals surface area contributed by atoms with Crippen molar-refractivity contribution in [2.75, 3.05) is 38.5 Å². The number of piperidine rings is 1. The van der Waals surface area contributed by atoms with E-state index < -0.39 is 0 Å². The number of rotatable bonds is 6. The summed E-state index contributed by atoms with van der Waals surface area (Å²) in [7, 11) is 1.85. The Kier molecular flexibility index (Phi) is 7.06. The molecule has 2 rings (SSSR count). The van der Waals surface area contributed by atoms with Crippen LogP contribution >= 0.6 is 0 Å². The van der Waals surface area contributed by atoms with E-state index in [0.717, 1.165) is 37.2 Å². The lowest BCUT2D eigenvalue weighted by Crippen LogP contribution is -2.44. The molecule has 1 fully saturated rings. The summed E-state index contributed by atoms with van der Waals surface area (Å²) < 4.78 is 0. The van der Waals surface area contributed by atoms with Crippen molar-refractivity contribution < 1.29 is 9.59 Å². The smallest absolute Gasteiger partial charge is 0.319 e. The number of hydrogen-bond acceptors (Lipinski definition) is 3. The fourth-order valence-electron chi connectivity index (χ4n) is 2.90. The van der Waals surface area contributed by atoms with Gasteiger partial charge in [-0.2, -0.15) is 0 Å². The monoisotopic (exact) mass is 332 g/mol. The van der Waals surface area contributed by atoms with E-state index in [4.69, 9.17) is 0 Å². The van der Waals surface area contributed by atoms with Crippen LogP contribution in [0.4, 0.5) is 10.5 Å². The minimum Gasteiger partial charge on any atom is -0.342 e. The summed E-state index contributed by atoms with van der Waals surface area (Å²) in [6.45, 7) is 4.86. The van der Waals surface area contributed by atoms with Crippen LogP contribution in [-0.2, 0) is 4.79 Å². The molecule has 0 radical (unpaired) electrons. The Morgan fingerprint density at radius 1 is 1.25 bits per heavy atom. The SMILES string of the molecule is CNCCC(=O)N1CCCC(CNC(=O)Nc2ccc(C)cc2)C1. The van der Waals surface area contributed by atoms with E-state index in [1.807, 2.05) is 43.1 Å².